The Kier molecular flexibility index (Phi) is 22.7. The molecule has 0 bridgehead atoms. The molecule has 2 aliphatic heterocycles. The van der Waals surface area contributed by atoms with Crippen LogP contribution in [0.5, 0.6) is 0 Å². The topological polar surface area (TPSA) is 4.93 Å². The summed E-state index contributed by atoms with van der Waals surface area (Å²) in [7, 11) is 0. The molecular formula is C123H133B2N. The normalized spacial score (nSPS) is 14.9. The lowest BCUT2D eigenvalue weighted by atomic mass is 9.30. The molecule has 4 aliphatic carbocycles. The quantitative estimate of drug-likeness (QED) is 0.0280. The number of aromatic nitrogens is 1. The summed E-state index contributed by atoms with van der Waals surface area (Å²) in [5.41, 5.74) is 52.4. The Bertz CT molecular complexity index is 6520. The van der Waals surface area contributed by atoms with Gasteiger partial charge in [-0.25, -0.2) is 0 Å². The standard InChI is InChI=1S/C123H133B2N/c1-14-18-22-26-30-38-63-122(64-39-31-27-23-19-15-2)103-45-36-34-43-93(103)99-60-52-87(76-109(99)122)85-50-56-95-97-58-54-89(74-107(97)120(10,11)105(95)72-85)91-70-101-102-71-92(79-115-118(102)126-117(101)114(78-91)124(111-62-49-80(5)67-82(111)7)112-47-42-48-113(119(112)126)125(115)116-83(8)68-81(6)69-84(116)9)90-55-59-98-96-57-51-86(73-106(96)121(12,13)108(98)75-90)88-53-61-100-94-44-35-37-46-104(94)123(110(100)77-88,65-40-32-28-24-20-16-3)66-41-33-29-25-21-17-4/h34-37,42-62,67-79H,14-33,38-41,63-66H2,1-13H3. The molecule has 13 aromatic carbocycles. The van der Waals surface area contributed by atoms with Crippen molar-refractivity contribution in [3.8, 4) is 94.7 Å². The molecule has 0 fully saturated rings. The van der Waals surface area contributed by atoms with Crippen LogP contribution >= 0.6 is 0 Å². The minimum absolute atomic E-state index is 0.000772. The van der Waals surface area contributed by atoms with Crippen LogP contribution in [0.4, 0.5) is 0 Å². The number of hydrogen-bond acceptors (Lipinski definition) is 0. The fourth-order valence-corrected chi connectivity index (χ4v) is 26.0. The number of aryl methyl sites for hydroxylation is 5. The van der Waals surface area contributed by atoms with Crippen molar-refractivity contribution >= 4 is 68.0 Å². The molecule has 3 heterocycles. The van der Waals surface area contributed by atoms with Crippen molar-refractivity contribution in [2.75, 3.05) is 0 Å². The Morgan fingerprint density at radius 3 is 0.937 bits per heavy atom. The van der Waals surface area contributed by atoms with Gasteiger partial charge in [0.1, 0.15) is 0 Å². The zero-order valence-electron chi connectivity index (χ0n) is 78.3. The van der Waals surface area contributed by atoms with E-state index >= 15 is 0 Å². The zero-order valence-corrected chi connectivity index (χ0v) is 78.3. The van der Waals surface area contributed by atoms with Crippen LogP contribution in [0.25, 0.3) is 117 Å². The van der Waals surface area contributed by atoms with Gasteiger partial charge in [-0.3, -0.25) is 0 Å². The number of hydrogen-bond donors (Lipinski definition) is 0. The fraction of sp³-hybridized carbons (Fsp3) is 0.366. The monoisotopic (exact) mass is 1650 g/mol. The lowest BCUT2D eigenvalue weighted by Crippen LogP contribution is -2.64. The Hall–Kier alpha value is -10.2. The van der Waals surface area contributed by atoms with Crippen molar-refractivity contribution in [2.24, 2.45) is 0 Å². The molecular weight excluding hydrogens is 1510 g/mol. The molecule has 6 aliphatic rings. The van der Waals surface area contributed by atoms with Gasteiger partial charge in [-0.15, -0.1) is 0 Å². The second kappa shape index (κ2) is 34.1. The van der Waals surface area contributed by atoms with Crippen molar-refractivity contribution < 1.29 is 0 Å². The maximum atomic E-state index is 2.78. The maximum Gasteiger partial charge on any atom is 0.247 e. The molecule has 0 amide bonds. The van der Waals surface area contributed by atoms with Crippen LogP contribution < -0.4 is 32.8 Å². The van der Waals surface area contributed by atoms with E-state index in [9.17, 15) is 0 Å². The van der Waals surface area contributed by atoms with Gasteiger partial charge in [0.2, 0.25) is 13.4 Å². The summed E-state index contributed by atoms with van der Waals surface area (Å²) >= 11 is 0. The van der Waals surface area contributed by atoms with Crippen LogP contribution in [0.1, 0.15) is 307 Å². The van der Waals surface area contributed by atoms with E-state index in [1.165, 1.54) is 379 Å². The number of unbranched alkanes of at least 4 members (excludes halogenated alkanes) is 20. The smallest absolute Gasteiger partial charge is 0.247 e. The summed E-state index contributed by atoms with van der Waals surface area (Å²) in [5, 5.41) is 2.67. The number of fused-ring (bicyclic) bond motifs is 13. The third-order valence-electron chi connectivity index (χ3n) is 32.4. The molecule has 0 saturated heterocycles. The zero-order chi connectivity index (χ0) is 86.5. The Labute approximate surface area is 756 Å². The van der Waals surface area contributed by atoms with E-state index < -0.39 is 0 Å². The van der Waals surface area contributed by atoms with Gasteiger partial charge in [-0.05, 0) is 264 Å². The Morgan fingerprint density at radius 1 is 0.238 bits per heavy atom. The molecule has 0 spiro atoms. The summed E-state index contributed by atoms with van der Waals surface area (Å²) in [6.45, 7) is 31.1. The van der Waals surface area contributed by atoms with E-state index in [0.717, 1.165) is 0 Å². The number of nitrogens with zero attached hydrogens (tertiary/aromatic N) is 1. The SMILES string of the molecule is CCCCCCCCC1(CCCCCCCC)c2ccccc2-c2ccc(-c3ccc4c(c3)C(C)(C)c3cc(-c5cc6c7c(c5)c5cc(-c8ccc9c(c8)C(C)(C)c8cc(-c%10ccc%11c(c%10)C(CCCCCCCC)(CCCCCCCC)c%10ccccc%10-%11)ccc8-9)cc8c5n7-c5c(cccc5B8c5c(C)cc(C)cc5C)B6c5ccc(C)cc5C)ccc3-4)cc21. The molecule has 0 unspecified atom stereocenters. The largest absolute Gasteiger partial charge is 0.311 e. The van der Waals surface area contributed by atoms with Gasteiger partial charge in [-0.1, -0.05) is 430 Å². The highest BCUT2D eigenvalue weighted by atomic mass is 15.0. The molecule has 3 heteroatoms. The molecule has 0 radical (unpaired) electrons. The van der Waals surface area contributed by atoms with Gasteiger partial charge in [0, 0.05) is 49.2 Å². The average molecular weight is 1650 g/mol. The second-order valence-corrected chi connectivity index (χ2v) is 41.2. The summed E-state index contributed by atoms with van der Waals surface area (Å²) in [4.78, 5) is 0. The average Bonchev–Trinajstić information content (AvgIpc) is 1.46. The second-order valence-electron chi connectivity index (χ2n) is 41.2. The first-order valence-electron chi connectivity index (χ1n) is 49.9. The van der Waals surface area contributed by atoms with Crippen LogP contribution in [0, 0.1) is 34.6 Å². The number of benzene rings is 13. The van der Waals surface area contributed by atoms with Gasteiger partial charge in [0.25, 0.3) is 0 Å². The van der Waals surface area contributed by atoms with Crippen molar-refractivity contribution in [3.63, 3.8) is 0 Å². The molecule has 0 N–H and O–H groups in total. The predicted octanol–water partition coefficient (Wildman–Crippen LogP) is 30.8. The van der Waals surface area contributed by atoms with E-state index in [0.29, 0.717) is 0 Å². The first-order chi connectivity index (χ1) is 61.4. The minimum atomic E-state index is -0.256. The van der Waals surface area contributed by atoms with Crippen LogP contribution in [-0.4, -0.2) is 18.0 Å². The first-order valence-corrected chi connectivity index (χ1v) is 49.9. The van der Waals surface area contributed by atoms with Gasteiger partial charge in [0.05, 0.1) is 0 Å². The van der Waals surface area contributed by atoms with Crippen LogP contribution in [0.2, 0.25) is 0 Å². The summed E-state index contributed by atoms with van der Waals surface area (Å²) < 4.78 is 2.78. The van der Waals surface area contributed by atoms with E-state index in [-0.39, 0.29) is 35.1 Å². The Balaban J connectivity index is 0.698. The molecule has 0 saturated carbocycles. The van der Waals surface area contributed by atoms with E-state index in [2.05, 4.69) is 325 Å². The third kappa shape index (κ3) is 14.1. The van der Waals surface area contributed by atoms with Gasteiger partial charge in [0.15, 0.2) is 0 Å². The van der Waals surface area contributed by atoms with Crippen molar-refractivity contribution in [3.05, 3.63) is 303 Å². The summed E-state index contributed by atoms with van der Waals surface area (Å²) in [5.74, 6) is 0. The fourth-order valence-electron chi connectivity index (χ4n) is 26.0. The summed E-state index contributed by atoms with van der Waals surface area (Å²) in [6.07, 6.45) is 36.6. The molecule has 1 aromatic heterocycles. The van der Waals surface area contributed by atoms with Gasteiger partial charge >= 0.3 is 0 Å². The van der Waals surface area contributed by atoms with Crippen LogP contribution in [0.3, 0.4) is 0 Å². The lowest BCUT2D eigenvalue weighted by molar-refractivity contribution is 0.398. The van der Waals surface area contributed by atoms with Crippen molar-refractivity contribution in [2.45, 2.75) is 291 Å². The third-order valence-corrected chi connectivity index (χ3v) is 32.4. The Morgan fingerprint density at radius 2 is 0.556 bits per heavy atom. The highest BCUT2D eigenvalue weighted by molar-refractivity contribution is 7.02. The van der Waals surface area contributed by atoms with Gasteiger partial charge in [-0.2, -0.15) is 0 Å². The molecule has 1 nitrogen and oxygen atoms in total. The van der Waals surface area contributed by atoms with E-state index in [1.807, 2.05) is 0 Å². The summed E-state index contributed by atoms with van der Waals surface area (Å²) in [6, 6.07) is 94.8. The molecule has 0 atom stereocenters. The van der Waals surface area contributed by atoms with Crippen molar-refractivity contribution in [1.82, 2.24) is 4.57 Å². The van der Waals surface area contributed by atoms with E-state index in [4.69, 9.17) is 0 Å². The lowest BCUT2D eigenvalue weighted by Gasteiger charge is -2.35. The maximum absolute atomic E-state index is 2.78. The first kappa shape index (κ1) is 84.0. The molecule has 20 rings (SSSR count). The minimum Gasteiger partial charge on any atom is -0.311 e. The van der Waals surface area contributed by atoms with E-state index in [1.54, 1.807) is 22.3 Å². The van der Waals surface area contributed by atoms with Crippen molar-refractivity contribution in [1.29, 1.82) is 0 Å². The molecule has 636 valence electrons. The van der Waals surface area contributed by atoms with Crippen LogP contribution in [-0.2, 0) is 21.7 Å². The number of para-hydroxylation sites is 1. The number of rotatable bonds is 34. The molecule has 14 aromatic rings. The van der Waals surface area contributed by atoms with Crippen LogP contribution in [0.15, 0.2) is 231 Å². The molecule has 126 heavy (non-hydrogen) atoms. The highest BCUT2D eigenvalue weighted by Crippen LogP contribution is 2.60. The van der Waals surface area contributed by atoms with Gasteiger partial charge < -0.3 is 4.57 Å². The highest BCUT2D eigenvalue weighted by Gasteiger charge is 2.48. The predicted molar refractivity (Wildman–Crippen MR) is 548 cm³/mol.